The molecule has 0 saturated heterocycles. The van der Waals surface area contributed by atoms with Crippen molar-refractivity contribution < 1.29 is 4.92 Å². The molecule has 96 valence electrons. The highest BCUT2D eigenvalue weighted by atomic mass is 35.5. The quantitative estimate of drug-likeness (QED) is 0.576. The van der Waals surface area contributed by atoms with E-state index < -0.39 is 4.92 Å². The molecule has 0 aliphatic heterocycles. The van der Waals surface area contributed by atoms with Crippen molar-refractivity contribution in [2.45, 2.75) is 0 Å². The Bertz CT molecular complexity index is 708. The number of pyridine rings is 1. The number of hydrogen-bond donors (Lipinski definition) is 1. The molecule has 0 aliphatic rings. The Morgan fingerprint density at radius 1 is 1.26 bits per heavy atom. The first-order chi connectivity index (χ1) is 8.74. The third-order valence-electron chi connectivity index (χ3n) is 2.62. The Morgan fingerprint density at radius 3 is 2.84 bits per heavy atom. The Balaban J connectivity index is 0.00000133. The number of nitro groups is 1. The summed E-state index contributed by atoms with van der Waals surface area (Å²) >= 11 is 0. The fraction of sp³-hybridized carbons (Fsp3) is 0. The molecule has 1 aromatic carbocycles. The van der Waals surface area contributed by atoms with Gasteiger partial charge in [0.15, 0.2) is 0 Å². The number of benzene rings is 1. The summed E-state index contributed by atoms with van der Waals surface area (Å²) in [5.41, 5.74) is 2.32. The highest BCUT2D eigenvalue weighted by Gasteiger charge is 2.10. The van der Waals surface area contributed by atoms with Crippen molar-refractivity contribution >= 4 is 29.1 Å². The van der Waals surface area contributed by atoms with Gasteiger partial charge in [0.2, 0.25) is 0 Å². The molecule has 0 atom stereocenters. The zero-order valence-electron chi connectivity index (χ0n) is 9.61. The van der Waals surface area contributed by atoms with E-state index in [0.29, 0.717) is 11.4 Å². The standard InChI is InChI=1S/C12H8N4O2.ClH/c17-16(18)9-3-1-2-8(6-9)12-14-10-4-5-13-7-11(10)15-12;/h1-7H,(H,14,15);1H. The van der Waals surface area contributed by atoms with Gasteiger partial charge >= 0.3 is 0 Å². The Hall–Kier alpha value is -2.47. The minimum absolute atomic E-state index is 0. The van der Waals surface area contributed by atoms with E-state index in [0.717, 1.165) is 11.0 Å². The number of H-pyrrole nitrogens is 1. The van der Waals surface area contributed by atoms with Crippen LogP contribution in [0.2, 0.25) is 0 Å². The van der Waals surface area contributed by atoms with Crippen LogP contribution in [0.15, 0.2) is 42.7 Å². The molecule has 3 rings (SSSR count). The summed E-state index contributed by atoms with van der Waals surface area (Å²) in [5.74, 6) is 0.599. The molecule has 1 N–H and O–H groups in total. The first-order valence-electron chi connectivity index (χ1n) is 5.28. The molecule has 0 bridgehead atoms. The van der Waals surface area contributed by atoms with E-state index in [4.69, 9.17) is 0 Å². The van der Waals surface area contributed by atoms with Gasteiger partial charge in [-0.05, 0) is 6.07 Å². The van der Waals surface area contributed by atoms with Crippen LogP contribution in [0, 0.1) is 10.1 Å². The summed E-state index contributed by atoms with van der Waals surface area (Å²) in [6.07, 6.45) is 3.31. The lowest BCUT2D eigenvalue weighted by Gasteiger charge is -1.96. The van der Waals surface area contributed by atoms with Gasteiger partial charge in [0.25, 0.3) is 5.69 Å². The minimum atomic E-state index is -0.423. The van der Waals surface area contributed by atoms with E-state index in [2.05, 4.69) is 15.0 Å². The molecule has 0 aliphatic carbocycles. The van der Waals surface area contributed by atoms with Crippen LogP contribution >= 0.6 is 12.4 Å². The normalized spacial score (nSPS) is 10.1. The summed E-state index contributed by atoms with van der Waals surface area (Å²) < 4.78 is 0. The molecule has 0 unspecified atom stereocenters. The molecule has 0 fully saturated rings. The second-order valence-corrected chi connectivity index (χ2v) is 3.79. The summed E-state index contributed by atoms with van der Waals surface area (Å²) in [5, 5.41) is 10.7. The lowest BCUT2D eigenvalue weighted by Crippen LogP contribution is -1.88. The first kappa shape index (κ1) is 13.0. The third kappa shape index (κ3) is 2.38. The number of imidazole rings is 1. The average Bonchev–Trinajstić information content (AvgIpc) is 2.82. The number of hydrogen-bond acceptors (Lipinski definition) is 4. The van der Waals surface area contributed by atoms with Gasteiger partial charge in [0, 0.05) is 23.9 Å². The fourth-order valence-corrected chi connectivity index (χ4v) is 1.76. The van der Waals surface area contributed by atoms with Gasteiger partial charge in [-0.15, -0.1) is 12.4 Å². The number of aromatic nitrogens is 3. The highest BCUT2D eigenvalue weighted by Crippen LogP contribution is 2.23. The van der Waals surface area contributed by atoms with Crippen LogP contribution in [0.1, 0.15) is 0 Å². The molecule has 6 nitrogen and oxygen atoms in total. The largest absolute Gasteiger partial charge is 0.338 e. The smallest absolute Gasteiger partial charge is 0.270 e. The minimum Gasteiger partial charge on any atom is -0.338 e. The van der Waals surface area contributed by atoms with E-state index >= 15 is 0 Å². The van der Waals surface area contributed by atoms with E-state index in [-0.39, 0.29) is 18.1 Å². The van der Waals surface area contributed by atoms with Crippen molar-refractivity contribution in [1.29, 1.82) is 0 Å². The lowest BCUT2D eigenvalue weighted by atomic mass is 10.2. The Kier molecular flexibility index (Phi) is 3.43. The van der Waals surface area contributed by atoms with Crippen LogP contribution in [0.3, 0.4) is 0 Å². The zero-order chi connectivity index (χ0) is 12.5. The summed E-state index contributed by atoms with van der Waals surface area (Å²) in [6, 6.07) is 8.17. The van der Waals surface area contributed by atoms with Crippen molar-refractivity contribution in [3.8, 4) is 11.4 Å². The molecule has 0 spiro atoms. The molecular weight excluding hydrogens is 268 g/mol. The SMILES string of the molecule is Cl.O=[N+]([O-])c1cccc(-c2nc3cnccc3[nH]2)c1. The topological polar surface area (TPSA) is 84.7 Å². The maximum atomic E-state index is 10.7. The van der Waals surface area contributed by atoms with Gasteiger partial charge in [0.05, 0.1) is 16.6 Å². The predicted octanol–water partition coefficient (Wildman–Crippen LogP) is 2.95. The number of nitrogens with one attached hydrogen (secondary N) is 1. The molecule has 19 heavy (non-hydrogen) atoms. The second kappa shape index (κ2) is 5.03. The van der Waals surface area contributed by atoms with Gasteiger partial charge in [-0.2, -0.15) is 0 Å². The average molecular weight is 277 g/mol. The second-order valence-electron chi connectivity index (χ2n) is 3.79. The Morgan fingerprint density at radius 2 is 2.11 bits per heavy atom. The third-order valence-corrected chi connectivity index (χ3v) is 2.62. The molecule has 7 heteroatoms. The number of nitrogens with zero attached hydrogens (tertiary/aromatic N) is 3. The summed E-state index contributed by atoms with van der Waals surface area (Å²) in [6.45, 7) is 0. The van der Waals surface area contributed by atoms with Crippen LogP contribution in [0.25, 0.3) is 22.4 Å². The highest BCUT2D eigenvalue weighted by molar-refractivity contribution is 5.85. The van der Waals surface area contributed by atoms with Gasteiger partial charge in [0.1, 0.15) is 11.3 Å². The zero-order valence-corrected chi connectivity index (χ0v) is 10.4. The number of nitro benzene ring substituents is 1. The van der Waals surface area contributed by atoms with Crippen LogP contribution in [0.4, 0.5) is 5.69 Å². The van der Waals surface area contributed by atoms with Crippen molar-refractivity contribution in [3.63, 3.8) is 0 Å². The molecule has 3 aromatic rings. The molecule has 0 saturated carbocycles. The van der Waals surface area contributed by atoms with E-state index in [1.165, 1.54) is 12.1 Å². The number of non-ortho nitro benzene ring substituents is 1. The van der Waals surface area contributed by atoms with Crippen molar-refractivity contribution in [1.82, 2.24) is 15.0 Å². The van der Waals surface area contributed by atoms with Gasteiger partial charge in [-0.1, -0.05) is 12.1 Å². The maximum absolute atomic E-state index is 10.7. The van der Waals surface area contributed by atoms with Crippen molar-refractivity contribution in [2.75, 3.05) is 0 Å². The number of aromatic amines is 1. The van der Waals surface area contributed by atoms with E-state index in [1.807, 2.05) is 6.07 Å². The van der Waals surface area contributed by atoms with Gasteiger partial charge in [-0.25, -0.2) is 4.98 Å². The van der Waals surface area contributed by atoms with E-state index in [1.54, 1.807) is 24.5 Å². The van der Waals surface area contributed by atoms with Crippen molar-refractivity contribution in [2.24, 2.45) is 0 Å². The maximum Gasteiger partial charge on any atom is 0.270 e. The van der Waals surface area contributed by atoms with Crippen LogP contribution in [-0.4, -0.2) is 19.9 Å². The fourth-order valence-electron chi connectivity index (χ4n) is 1.76. The van der Waals surface area contributed by atoms with Crippen LogP contribution < -0.4 is 0 Å². The molecule has 0 amide bonds. The number of rotatable bonds is 2. The number of fused-ring (bicyclic) bond motifs is 1. The summed E-state index contributed by atoms with van der Waals surface area (Å²) in [4.78, 5) is 21.7. The van der Waals surface area contributed by atoms with Crippen molar-refractivity contribution in [3.05, 3.63) is 52.8 Å². The van der Waals surface area contributed by atoms with Gasteiger partial charge in [-0.3, -0.25) is 15.1 Å². The molecule has 2 aromatic heterocycles. The molecule has 0 radical (unpaired) electrons. The number of halogens is 1. The van der Waals surface area contributed by atoms with Gasteiger partial charge < -0.3 is 4.98 Å². The lowest BCUT2D eigenvalue weighted by molar-refractivity contribution is -0.384. The monoisotopic (exact) mass is 276 g/mol. The molecular formula is C12H9ClN4O2. The predicted molar refractivity (Wildman–Crippen MR) is 73.2 cm³/mol. The van der Waals surface area contributed by atoms with Crippen LogP contribution in [-0.2, 0) is 0 Å². The van der Waals surface area contributed by atoms with Crippen LogP contribution in [0.5, 0.6) is 0 Å². The first-order valence-corrected chi connectivity index (χ1v) is 5.28. The molecule has 2 heterocycles. The summed E-state index contributed by atoms with van der Waals surface area (Å²) in [7, 11) is 0. The van der Waals surface area contributed by atoms with E-state index in [9.17, 15) is 10.1 Å². The Labute approximate surface area is 114 Å².